The molecule has 0 radical (unpaired) electrons. The number of aromatic nitrogens is 2. The van der Waals surface area contributed by atoms with Crippen molar-refractivity contribution < 1.29 is 28.6 Å². The van der Waals surface area contributed by atoms with Crippen molar-refractivity contribution in [2.24, 2.45) is 13.0 Å². The van der Waals surface area contributed by atoms with Gasteiger partial charge in [0.2, 0.25) is 5.89 Å². The number of nitrogens with zero attached hydrogens (tertiary/aromatic N) is 2. The molecule has 0 unspecified atom stereocenters. The molecule has 1 aliphatic rings. The monoisotopic (exact) mass is 538 g/mol. The van der Waals surface area contributed by atoms with Gasteiger partial charge in [-0.1, -0.05) is 51.3 Å². The molecule has 2 amide bonds. The van der Waals surface area contributed by atoms with Gasteiger partial charge in [0.05, 0.1) is 0 Å². The zero-order chi connectivity index (χ0) is 28.1. The number of carboxylic acid groups (broad SMARTS) is 1. The van der Waals surface area contributed by atoms with Gasteiger partial charge in [0, 0.05) is 36.6 Å². The first kappa shape index (κ1) is 28.2. The van der Waals surface area contributed by atoms with Crippen LogP contribution in [-0.2, 0) is 23.0 Å². The van der Waals surface area contributed by atoms with Crippen molar-refractivity contribution in [1.82, 2.24) is 20.2 Å². The number of alkyl carbamates (subject to hydrolysis) is 1. The Kier molecular flexibility index (Phi) is 8.93. The van der Waals surface area contributed by atoms with Crippen LogP contribution in [0.15, 0.2) is 34.9 Å². The van der Waals surface area contributed by atoms with Crippen LogP contribution < -0.4 is 10.6 Å². The largest absolute Gasteiger partial charge is 0.476 e. The number of amides is 2. The maximum absolute atomic E-state index is 13.6. The van der Waals surface area contributed by atoms with Crippen LogP contribution in [0.1, 0.15) is 86.1 Å². The Labute approximate surface area is 228 Å². The quantitative estimate of drug-likeness (QED) is 0.329. The zero-order valence-corrected chi connectivity index (χ0v) is 23.0. The van der Waals surface area contributed by atoms with E-state index in [0.717, 1.165) is 48.6 Å². The summed E-state index contributed by atoms with van der Waals surface area (Å²) in [6.07, 6.45) is 6.05. The number of aromatic carboxylic acids is 1. The van der Waals surface area contributed by atoms with Gasteiger partial charge in [-0.05, 0) is 43.7 Å². The summed E-state index contributed by atoms with van der Waals surface area (Å²) in [5.74, 6) is -1.38. The van der Waals surface area contributed by atoms with E-state index < -0.39 is 30.1 Å². The third-order valence-corrected chi connectivity index (χ3v) is 7.19. The van der Waals surface area contributed by atoms with E-state index in [9.17, 15) is 19.5 Å². The van der Waals surface area contributed by atoms with Gasteiger partial charge < -0.3 is 29.5 Å². The molecule has 39 heavy (non-hydrogen) atoms. The van der Waals surface area contributed by atoms with E-state index in [1.807, 2.05) is 55.9 Å². The van der Waals surface area contributed by atoms with E-state index in [4.69, 9.17) is 9.15 Å². The summed E-state index contributed by atoms with van der Waals surface area (Å²) in [7, 11) is 1.94. The van der Waals surface area contributed by atoms with Crippen molar-refractivity contribution in [2.45, 2.75) is 83.9 Å². The van der Waals surface area contributed by atoms with Crippen LogP contribution in [0.25, 0.3) is 10.9 Å². The van der Waals surface area contributed by atoms with E-state index in [1.54, 1.807) is 0 Å². The number of hydrogen-bond acceptors (Lipinski definition) is 6. The van der Waals surface area contributed by atoms with Crippen molar-refractivity contribution in [3.8, 4) is 0 Å². The van der Waals surface area contributed by atoms with Gasteiger partial charge in [-0.25, -0.2) is 14.6 Å². The normalized spacial score (nSPS) is 15.7. The number of hydrogen-bond donors (Lipinski definition) is 3. The first-order chi connectivity index (χ1) is 18.6. The molecule has 0 spiro atoms. The Bertz CT molecular complexity index is 1320. The Hall–Kier alpha value is -3.82. The predicted octanol–water partition coefficient (Wildman–Crippen LogP) is 5.05. The second-order valence-corrected chi connectivity index (χ2v) is 10.8. The number of carbonyl (C=O) groups excluding carboxylic acids is 2. The molecule has 1 aliphatic carbocycles. The van der Waals surface area contributed by atoms with E-state index in [2.05, 4.69) is 15.6 Å². The summed E-state index contributed by atoms with van der Waals surface area (Å²) < 4.78 is 13.4. The number of aryl methyl sites for hydroxylation is 2. The average Bonchev–Trinajstić information content (AvgIpc) is 3.43. The summed E-state index contributed by atoms with van der Waals surface area (Å²) in [5.41, 5.74) is 1.75. The molecule has 1 aromatic carbocycles. The lowest BCUT2D eigenvalue weighted by Gasteiger charge is -2.25. The molecule has 10 heteroatoms. The highest BCUT2D eigenvalue weighted by molar-refractivity contribution is 5.87. The smallest absolute Gasteiger partial charge is 0.408 e. The molecule has 210 valence electrons. The van der Waals surface area contributed by atoms with Gasteiger partial charge >= 0.3 is 12.1 Å². The highest BCUT2D eigenvalue weighted by Crippen LogP contribution is 2.27. The predicted molar refractivity (Wildman–Crippen MR) is 145 cm³/mol. The second kappa shape index (κ2) is 12.4. The topological polar surface area (TPSA) is 136 Å². The lowest BCUT2D eigenvalue weighted by Crippen LogP contribution is -2.44. The Balaban J connectivity index is 1.58. The molecule has 2 heterocycles. The van der Waals surface area contributed by atoms with E-state index in [0.29, 0.717) is 12.8 Å². The number of rotatable bonds is 10. The van der Waals surface area contributed by atoms with Gasteiger partial charge in [0.25, 0.3) is 5.91 Å². The van der Waals surface area contributed by atoms with Gasteiger partial charge in [-0.3, -0.25) is 4.79 Å². The lowest BCUT2D eigenvalue weighted by atomic mass is 9.96. The molecule has 2 atom stereocenters. The molecule has 0 saturated heterocycles. The lowest BCUT2D eigenvalue weighted by molar-refractivity contribution is -0.131. The van der Waals surface area contributed by atoms with E-state index in [-0.39, 0.29) is 29.3 Å². The van der Waals surface area contributed by atoms with Crippen LogP contribution in [-0.4, -0.2) is 44.8 Å². The SMILES string of the molecule is Cc1oc([C@@H](Cc2cn(C)c3ccccc23)NC(=O)[C@H](CC(C)C)OC(=O)NC2CCCCC2)nc1C(=O)O. The Morgan fingerprint density at radius 2 is 1.90 bits per heavy atom. The van der Waals surface area contributed by atoms with Crippen LogP contribution in [0.5, 0.6) is 0 Å². The van der Waals surface area contributed by atoms with E-state index in [1.165, 1.54) is 6.92 Å². The maximum atomic E-state index is 13.6. The molecule has 10 nitrogen and oxygen atoms in total. The minimum absolute atomic E-state index is 0.0536. The molecule has 0 aliphatic heterocycles. The van der Waals surface area contributed by atoms with E-state index >= 15 is 0 Å². The molecule has 0 bridgehead atoms. The first-order valence-corrected chi connectivity index (χ1v) is 13.6. The van der Waals surface area contributed by atoms with Crippen LogP contribution in [0, 0.1) is 12.8 Å². The summed E-state index contributed by atoms with van der Waals surface area (Å²) in [6.45, 7) is 5.43. The summed E-state index contributed by atoms with van der Waals surface area (Å²) >= 11 is 0. The third-order valence-electron chi connectivity index (χ3n) is 7.19. The minimum atomic E-state index is -1.21. The maximum Gasteiger partial charge on any atom is 0.408 e. The highest BCUT2D eigenvalue weighted by Gasteiger charge is 2.31. The highest BCUT2D eigenvalue weighted by atomic mass is 16.6. The van der Waals surface area contributed by atoms with Crippen molar-refractivity contribution in [2.75, 3.05) is 0 Å². The number of carbonyl (C=O) groups is 3. The summed E-state index contributed by atoms with van der Waals surface area (Å²) in [4.78, 5) is 42.1. The Morgan fingerprint density at radius 1 is 1.18 bits per heavy atom. The molecule has 1 saturated carbocycles. The molecular weight excluding hydrogens is 500 g/mol. The number of fused-ring (bicyclic) bond motifs is 1. The first-order valence-electron chi connectivity index (χ1n) is 13.6. The molecule has 1 fully saturated rings. The number of carboxylic acids is 1. The van der Waals surface area contributed by atoms with Crippen molar-refractivity contribution >= 4 is 28.9 Å². The number of nitrogens with one attached hydrogen (secondary N) is 2. The zero-order valence-electron chi connectivity index (χ0n) is 23.0. The number of benzene rings is 1. The fraction of sp³-hybridized carbons (Fsp3) is 0.517. The summed E-state index contributed by atoms with van der Waals surface area (Å²) in [6, 6.07) is 7.16. The molecule has 2 aromatic heterocycles. The van der Waals surface area contributed by atoms with Crippen LogP contribution >= 0.6 is 0 Å². The average molecular weight is 539 g/mol. The summed E-state index contributed by atoms with van der Waals surface area (Å²) in [5, 5.41) is 16.4. The molecule has 3 N–H and O–H groups in total. The number of ether oxygens (including phenoxy) is 1. The van der Waals surface area contributed by atoms with Gasteiger partial charge in [-0.15, -0.1) is 0 Å². The molecule has 4 rings (SSSR count). The minimum Gasteiger partial charge on any atom is -0.476 e. The van der Waals surface area contributed by atoms with Crippen LogP contribution in [0.4, 0.5) is 4.79 Å². The number of oxazole rings is 1. The van der Waals surface area contributed by atoms with Crippen molar-refractivity contribution in [3.63, 3.8) is 0 Å². The third kappa shape index (κ3) is 6.99. The molecular formula is C29H38N4O6. The van der Waals surface area contributed by atoms with Crippen molar-refractivity contribution in [1.29, 1.82) is 0 Å². The fourth-order valence-electron chi connectivity index (χ4n) is 5.25. The standard InChI is InChI=1S/C29H38N4O6/c1-17(2)14-24(39-29(37)30-20-10-6-5-7-11-20)26(34)31-22(27-32-25(28(35)36)18(3)38-27)15-19-16-33(4)23-13-9-8-12-21(19)23/h8-9,12-13,16-17,20,22,24H,5-7,10-11,14-15H2,1-4H3,(H,30,37)(H,31,34)(H,35,36)/t22-,24+/m1/s1. The van der Waals surface area contributed by atoms with Gasteiger partial charge in [-0.2, -0.15) is 0 Å². The number of para-hydroxylation sites is 1. The fourth-order valence-corrected chi connectivity index (χ4v) is 5.25. The second-order valence-electron chi connectivity index (χ2n) is 10.8. The van der Waals surface area contributed by atoms with Gasteiger partial charge in [0.15, 0.2) is 11.8 Å². The Morgan fingerprint density at radius 3 is 2.56 bits per heavy atom. The van der Waals surface area contributed by atoms with Crippen LogP contribution in [0.3, 0.4) is 0 Å². The van der Waals surface area contributed by atoms with Gasteiger partial charge in [0.1, 0.15) is 11.8 Å². The van der Waals surface area contributed by atoms with Crippen molar-refractivity contribution in [3.05, 3.63) is 53.4 Å². The van der Waals surface area contributed by atoms with Crippen LogP contribution in [0.2, 0.25) is 0 Å². The molecule has 3 aromatic rings.